The van der Waals surface area contributed by atoms with Crippen LogP contribution in [0.2, 0.25) is 0 Å². The van der Waals surface area contributed by atoms with E-state index in [1.807, 2.05) is 26.0 Å². The molecule has 134 valence electrons. The molecule has 0 aromatic heterocycles. The van der Waals surface area contributed by atoms with E-state index in [-0.39, 0.29) is 30.3 Å². The molecule has 0 bridgehead atoms. The molecule has 6 nitrogen and oxygen atoms in total. The number of amides is 1. The minimum absolute atomic E-state index is 0.110. The van der Waals surface area contributed by atoms with Crippen LogP contribution in [0.4, 0.5) is 0 Å². The maximum absolute atomic E-state index is 12.5. The zero-order valence-electron chi connectivity index (χ0n) is 15.1. The third-order valence-corrected chi connectivity index (χ3v) is 3.46. The van der Waals surface area contributed by atoms with Gasteiger partial charge in [0.05, 0.1) is 20.1 Å². The van der Waals surface area contributed by atoms with Gasteiger partial charge in [-0.2, -0.15) is 0 Å². The van der Waals surface area contributed by atoms with Crippen LogP contribution in [0.3, 0.4) is 0 Å². The molecule has 0 fully saturated rings. The molecule has 6 heteroatoms. The molecule has 0 saturated heterocycles. The van der Waals surface area contributed by atoms with E-state index < -0.39 is 0 Å². The van der Waals surface area contributed by atoms with Crippen molar-refractivity contribution in [2.24, 2.45) is 11.8 Å². The Morgan fingerprint density at radius 1 is 1.04 bits per heavy atom. The van der Waals surface area contributed by atoms with Crippen LogP contribution in [0.5, 0.6) is 11.5 Å². The van der Waals surface area contributed by atoms with Crippen molar-refractivity contribution >= 4 is 11.9 Å². The molecule has 24 heavy (non-hydrogen) atoms. The second-order valence-electron chi connectivity index (χ2n) is 6.06. The Hall–Kier alpha value is -2.24. The molecule has 0 saturated carbocycles. The molecule has 0 aliphatic carbocycles. The average Bonchev–Trinajstić information content (AvgIpc) is 2.57. The Bertz CT molecular complexity index is 544. The number of ether oxygens (including phenoxy) is 3. The van der Waals surface area contributed by atoms with Crippen LogP contribution < -0.4 is 9.47 Å². The molecule has 1 rings (SSSR count). The molecule has 0 radical (unpaired) electrons. The summed E-state index contributed by atoms with van der Waals surface area (Å²) in [7, 11) is 2.89. The quantitative estimate of drug-likeness (QED) is 0.647. The summed E-state index contributed by atoms with van der Waals surface area (Å²) in [4.78, 5) is 25.8. The minimum atomic E-state index is -0.385. The summed E-state index contributed by atoms with van der Waals surface area (Å²) in [5.74, 6) is 0.476. The zero-order valence-corrected chi connectivity index (χ0v) is 15.1. The smallest absolute Gasteiger partial charge is 0.310 e. The second-order valence-corrected chi connectivity index (χ2v) is 6.06. The predicted octanol–water partition coefficient (Wildman–Crippen LogP) is 2.37. The van der Waals surface area contributed by atoms with E-state index in [1.54, 1.807) is 31.1 Å². The largest absolute Gasteiger partial charge is 0.493 e. The van der Waals surface area contributed by atoms with Crippen LogP contribution in [0, 0.1) is 11.8 Å². The lowest BCUT2D eigenvalue weighted by atomic mass is 10.1. The summed E-state index contributed by atoms with van der Waals surface area (Å²) in [6, 6.07) is 7.16. The van der Waals surface area contributed by atoms with Gasteiger partial charge in [-0.15, -0.1) is 0 Å². The first-order chi connectivity index (χ1) is 11.4. The summed E-state index contributed by atoms with van der Waals surface area (Å²) in [5, 5.41) is 0. The number of para-hydroxylation sites is 2. The van der Waals surface area contributed by atoms with E-state index in [0.29, 0.717) is 24.6 Å². The Labute approximate surface area is 143 Å². The predicted molar refractivity (Wildman–Crippen MR) is 91.1 cm³/mol. The van der Waals surface area contributed by atoms with Crippen molar-refractivity contribution in [3.63, 3.8) is 0 Å². The first-order valence-electron chi connectivity index (χ1n) is 8.00. The van der Waals surface area contributed by atoms with Crippen molar-refractivity contribution < 1.29 is 23.8 Å². The van der Waals surface area contributed by atoms with Crippen molar-refractivity contribution in [3.8, 4) is 11.5 Å². The summed E-state index contributed by atoms with van der Waals surface area (Å²) < 4.78 is 15.5. The first kappa shape index (κ1) is 19.8. The van der Waals surface area contributed by atoms with Crippen LogP contribution in [-0.4, -0.2) is 50.7 Å². The molecular formula is C18H27NO5. The monoisotopic (exact) mass is 337 g/mol. The summed E-state index contributed by atoms with van der Waals surface area (Å²) in [5.41, 5.74) is 0. The van der Waals surface area contributed by atoms with Gasteiger partial charge in [0.15, 0.2) is 18.1 Å². The normalized spacial score (nSPS) is 11.8. The van der Waals surface area contributed by atoms with Gasteiger partial charge in [-0.3, -0.25) is 9.59 Å². The van der Waals surface area contributed by atoms with Crippen LogP contribution in [0.15, 0.2) is 24.3 Å². The fourth-order valence-corrected chi connectivity index (χ4v) is 2.29. The van der Waals surface area contributed by atoms with Gasteiger partial charge in [0.1, 0.15) is 0 Å². The Kier molecular flexibility index (Phi) is 8.09. The number of hydrogen-bond donors (Lipinski definition) is 0. The van der Waals surface area contributed by atoms with E-state index in [1.165, 1.54) is 7.11 Å². The van der Waals surface area contributed by atoms with Crippen LogP contribution in [-0.2, 0) is 14.3 Å². The van der Waals surface area contributed by atoms with Gasteiger partial charge in [0.2, 0.25) is 0 Å². The van der Waals surface area contributed by atoms with Crippen molar-refractivity contribution in [3.05, 3.63) is 24.3 Å². The molecule has 1 unspecified atom stereocenters. The van der Waals surface area contributed by atoms with E-state index >= 15 is 0 Å². The zero-order chi connectivity index (χ0) is 18.1. The minimum Gasteiger partial charge on any atom is -0.493 e. The summed E-state index contributed by atoms with van der Waals surface area (Å²) in [6.07, 6.45) is 0. The van der Waals surface area contributed by atoms with E-state index in [4.69, 9.17) is 14.2 Å². The third-order valence-electron chi connectivity index (χ3n) is 3.46. The lowest BCUT2D eigenvalue weighted by Gasteiger charge is -2.26. The fraction of sp³-hybridized carbons (Fsp3) is 0.556. The van der Waals surface area contributed by atoms with Gasteiger partial charge in [-0.25, -0.2) is 0 Å². The van der Waals surface area contributed by atoms with Crippen molar-refractivity contribution in [2.45, 2.75) is 20.8 Å². The summed E-state index contributed by atoms with van der Waals surface area (Å²) in [6.45, 7) is 6.53. The SMILES string of the molecule is COC(=O)C(C)CN(CC(C)C)C(=O)COc1ccccc1OC. The van der Waals surface area contributed by atoms with Gasteiger partial charge in [-0.1, -0.05) is 32.9 Å². The maximum atomic E-state index is 12.5. The van der Waals surface area contributed by atoms with E-state index in [2.05, 4.69) is 0 Å². The van der Waals surface area contributed by atoms with Crippen molar-refractivity contribution in [1.82, 2.24) is 4.90 Å². The Morgan fingerprint density at radius 2 is 1.67 bits per heavy atom. The number of methoxy groups -OCH3 is 2. The molecule has 0 N–H and O–H groups in total. The van der Waals surface area contributed by atoms with E-state index in [0.717, 1.165) is 0 Å². The van der Waals surface area contributed by atoms with Crippen LogP contribution >= 0.6 is 0 Å². The maximum Gasteiger partial charge on any atom is 0.310 e. The second kappa shape index (κ2) is 9.80. The Morgan fingerprint density at radius 3 is 2.21 bits per heavy atom. The highest BCUT2D eigenvalue weighted by Crippen LogP contribution is 2.25. The van der Waals surface area contributed by atoms with Gasteiger partial charge in [0, 0.05) is 13.1 Å². The number of benzene rings is 1. The number of carbonyl (C=O) groups is 2. The number of nitrogens with zero attached hydrogens (tertiary/aromatic N) is 1. The highest BCUT2D eigenvalue weighted by molar-refractivity contribution is 5.79. The van der Waals surface area contributed by atoms with Gasteiger partial charge in [0.25, 0.3) is 5.91 Å². The third kappa shape index (κ3) is 6.10. The number of rotatable bonds is 9. The fourth-order valence-electron chi connectivity index (χ4n) is 2.29. The van der Waals surface area contributed by atoms with Crippen molar-refractivity contribution in [1.29, 1.82) is 0 Å². The highest BCUT2D eigenvalue weighted by atomic mass is 16.5. The lowest BCUT2D eigenvalue weighted by molar-refractivity contribution is -0.146. The molecule has 1 aromatic carbocycles. The molecule has 0 heterocycles. The van der Waals surface area contributed by atoms with Crippen LogP contribution in [0.1, 0.15) is 20.8 Å². The average molecular weight is 337 g/mol. The molecular weight excluding hydrogens is 310 g/mol. The number of esters is 1. The standard InChI is InChI=1S/C18H27NO5/c1-13(2)10-19(11-14(3)18(21)23-5)17(20)12-24-16-9-7-6-8-15(16)22-4/h6-9,13-14H,10-12H2,1-5H3. The molecule has 1 amide bonds. The number of hydrogen-bond acceptors (Lipinski definition) is 5. The Balaban J connectivity index is 2.72. The van der Waals surface area contributed by atoms with Gasteiger partial charge < -0.3 is 19.1 Å². The highest BCUT2D eigenvalue weighted by Gasteiger charge is 2.22. The number of carbonyl (C=O) groups excluding carboxylic acids is 2. The van der Waals surface area contributed by atoms with Gasteiger partial charge >= 0.3 is 5.97 Å². The molecule has 0 spiro atoms. The topological polar surface area (TPSA) is 65.1 Å². The molecule has 0 aliphatic rings. The molecule has 1 aromatic rings. The first-order valence-corrected chi connectivity index (χ1v) is 8.00. The van der Waals surface area contributed by atoms with Gasteiger partial charge in [-0.05, 0) is 18.1 Å². The van der Waals surface area contributed by atoms with Crippen molar-refractivity contribution in [2.75, 3.05) is 33.9 Å². The van der Waals surface area contributed by atoms with E-state index in [9.17, 15) is 9.59 Å². The van der Waals surface area contributed by atoms with Crippen LogP contribution in [0.25, 0.3) is 0 Å². The molecule has 0 aliphatic heterocycles. The molecule has 1 atom stereocenters. The summed E-state index contributed by atoms with van der Waals surface area (Å²) >= 11 is 0. The lowest BCUT2D eigenvalue weighted by Crippen LogP contribution is -2.41.